The normalized spacial score (nSPS) is 10.8. The highest BCUT2D eigenvalue weighted by Gasteiger charge is 2.16. The van der Waals surface area contributed by atoms with E-state index in [-0.39, 0.29) is 32.8 Å². The van der Waals surface area contributed by atoms with Crippen molar-refractivity contribution in [3.8, 4) is 0 Å². The lowest BCUT2D eigenvalue weighted by molar-refractivity contribution is -0.144. The Morgan fingerprint density at radius 3 is 1.80 bits per heavy atom. The maximum Gasteiger partial charge on any atom is 0.319 e. The molecular weight excluding hydrogens is 272 g/mol. The second-order valence-electron chi connectivity index (χ2n) is 4.07. The largest absolute Gasteiger partial charge is 0.480 e. The monoisotopic (exact) mass is 292 g/mol. The predicted molar refractivity (Wildman–Crippen MR) is 67.3 cm³/mol. The molecule has 3 N–H and O–H groups in total. The number of carboxylic acid groups (broad SMARTS) is 2. The second kappa shape index (κ2) is 10.1. The highest BCUT2D eigenvalue weighted by atomic mass is 16.5. The lowest BCUT2D eigenvalue weighted by Gasteiger charge is -2.24. The Kier molecular flexibility index (Phi) is 9.26. The van der Waals surface area contributed by atoms with Crippen LogP contribution in [0.25, 0.3) is 0 Å². The van der Waals surface area contributed by atoms with Gasteiger partial charge in [0, 0.05) is 19.6 Å². The van der Waals surface area contributed by atoms with Gasteiger partial charge in [0.15, 0.2) is 0 Å². The quantitative estimate of drug-likeness (QED) is 0.368. The van der Waals surface area contributed by atoms with Crippen LogP contribution >= 0.6 is 0 Å². The van der Waals surface area contributed by atoms with Gasteiger partial charge >= 0.3 is 17.9 Å². The lowest BCUT2D eigenvalue weighted by atomic mass is 10.4. The molecule has 0 saturated carbocycles. The molecule has 0 amide bonds. The van der Waals surface area contributed by atoms with Gasteiger partial charge < -0.3 is 20.1 Å². The van der Waals surface area contributed by atoms with Crippen LogP contribution in [0.5, 0.6) is 0 Å². The van der Waals surface area contributed by atoms with Gasteiger partial charge in [-0.25, -0.2) is 0 Å². The number of carbonyl (C=O) groups is 3. The summed E-state index contributed by atoms with van der Waals surface area (Å²) in [6, 6.07) is 0. The van der Waals surface area contributed by atoms with E-state index in [2.05, 4.69) is 4.74 Å². The van der Waals surface area contributed by atoms with E-state index < -0.39 is 31.0 Å². The van der Waals surface area contributed by atoms with Crippen LogP contribution in [0.1, 0.15) is 0 Å². The van der Waals surface area contributed by atoms with Crippen LogP contribution in [0, 0.1) is 0 Å². The summed E-state index contributed by atoms with van der Waals surface area (Å²) in [7, 11) is 1.24. The molecule has 0 rings (SSSR count). The Morgan fingerprint density at radius 2 is 1.40 bits per heavy atom. The van der Waals surface area contributed by atoms with E-state index in [0.717, 1.165) is 0 Å². The van der Waals surface area contributed by atoms with Crippen molar-refractivity contribution in [1.29, 1.82) is 0 Å². The third-order valence-corrected chi connectivity index (χ3v) is 2.45. The van der Waals surface area contributed by atoms with E-state index in [1.807, 2.05) is 0 Å². The van der Waals surface area contributed by atoms with Crippen LogP contribution in [0.4, 0.5) is 0 Å². The van der Waals surface area contributed by atoms with Crippen molar-refractivity contribution in [2.24, 2.45) is 0 Å². The van der Waals surface area contributed by atoms with Crippen molar-refractivity contribution in [2.45, 2.75) is 0 Å². The number of carboxylic acids is 2. The molecule has 0 atom stereocenters. The summed E-state index contributed by atoms with van der Waals surface area (Å²) < 4.78 is 4.50. The first-order valence-electron chi connectivity index (χ1n) is 5.95. The molecule has 0 heterocycles. The summed E-state index contributed by atoms with van der Waals surface area (Å²) in [5.74, 6) is -2.75. The molecular formula is C11H20N2O7. The molecule has 0 aliphatic heterocycles. The Balaban J connectivity index is 4.39. The zero-order chi connectivity index (χ0) is 15.5. The van der Waals surface area contributed by atoms with E-state index in [9.17, 15) is 14.4 Å². The average molecular weight is 292 g/mol. The van der Waals surface area contributed by atoms with Gasteiger partial charge in [0.25, 0.3) is 0 Å². The van der Waals surface area contributed by atoms with Crippen molar-refractivity contribution in [2.75, 3.05) is 53.0 Å². The number of aliphatic hydroxyl groups excluding tert-OH is 1. The third kappa shape index (κ3) is 9.25. The van der Waals surface area contributed by atoms with Gasteiger partial charge in [0.05, 0.1) is 33.4 Å². The van der Waals surface area contributed by atoms with E-state index >= 15 is 0 Å². The van der Waals surface area contributed by atoms with Crippen LogP contribution in [0.2, 0.25) is 0 Å². The van der Waals surface area contributed by atoms with Crippen LogP contribution < -0.4 is 0 Å². The molecule has 0 aromatic rings. The molecule has 0 fully saturated rings. The maximum absolute atomic E-state index is 11.1. The number of aliphatic carboxylic acids is 2. The van der Waals surface area contributed by atoms with Crippen molar-refractivity contribution in [3.63, 3.8) is 0 Å². The second-order valence-corrected chi connectivity index (χ2v) is 4.07. The van der Waals surface area contributed by atoms with Crippen LogP contribution in [0.3, 0.4) is 0 Å². The van der Waals surface area contributed by atoms with E-state index in [0.29, 0.717) is 0 Å². The van der Waals surface area contributed by atoms with E-state index in [1.54, 1.807) is 4.90 Å². The van der Waals surface area contributed by atoms with Gasteiger partial charge in [-0.2, -0.15) is 0 Å². The van der Waals surface area contributed by atoms with Gasteiger partial charge in [-0.15, -0.1) is 0 Å². The zero-order valence-corrected chi connectivity index (χ0v) is 11.3. The predicted octanol–water partition coefficient (Wildman–Crippen LogP) is -2.08. The Morgan fingerprint density at radius 1 is 0.900 bits per heavy atom. The van der Waals surface area contributed by atoms with Crippen LogP contribution in [0.15, 0.2) is 0 Å². The maximum atomic E-state index is 11.1. The number of esters is 1. The molecule has 0 aromatic heterocycles. The van der Waals surface area contributed by atoms with Crippen LogP contribution in [-0.2, 0) is 19.1 Å². The number of rotatable bonds is 11. The minimum atomic E-state index is -1.13. The Hall–Kier alpha value is -1.71. The van der Waals surface area contributed by atoms with Crippen molar-refractivity contribution < 1.29 is 34.4 Å². The number of methoxy groups -OCH3 is 1. The standard InChI is InChI=1S/C11H20N2O7/c1-20-11(19)8-12(4-5-14)2-3-13(6-9(15)16)7-10(17)18/h14H,2-8H2,1H3,(H,15,16)(H,17,18). The Labute approximate surface area is 116 Å². The molecule has 116 valence electrons. The molecule has 0 spiro atoms. The molecule has 9 heteroatoms. The smallest absolute Gasteiger partial charge is 0.319 e. The molecule has 0 unspecified atom stereocenters. The number of ether oxygens (including phenoxy) is 1. The molecule has 20 heavy (non-hydrogen) atoms. The first kappa shape index (κ1) is 18.3. The summed E-state index contributed by atoms with van der Waals surface area (Å²) in [6.07, 6.45) is 0. The molecule has 0 bridgehead atoms. The van der Waals surface area contributed by atoms with Gasteiger partial charge in [-0.1, -0.05) is 0 Å². The van der Waals surface area contributed by atoms with Gasteiger partial charge in [0.1, 0.15) is 0 Å². The molecule has 0 aromatic carbocycles. The number of carbonyl (C=O) groups excluding carboxylic acids is 1. The molecule has 0 saturated heterocycles. The molecule has 9 nitrogen and oxygen atoms in total. The SMILES string of the molecule is COC(=O)CN(CCO)CCN(CC(=O)O)CC(=O)O. The van der Waals surface area contributed by atoms with E-state index in [4.69, 9.17) is 15.3 Å². The fraction of sp³-hybridized carbons (Fsp3) is 0.727. The average Bonchev–Trinajstić information content (AvgIpc) is 2.34. The molecule has 0 aliphatic rings. The fourth-order valence-corrected chi connectivity index (χ4v) is 1.54. The van der Waals surface area contributed by atoms with Crippen molar-refractivity contribution in [1.82, 2.24) is 9.80 Å². The number of hydrogen-bond acceptors (Lipinski definition) is 7. The first-order chi connectivity index (χ1) is 9.38. The van der Waals surface area contributed by atoms with Crippen molar-refractivity contribution in [3.05, 3.63) is 0 Å². The van der Waals surface area contributed by atoms with Gasteiger partial charge in [0.2, 0.25) is 0 Å². The highest BCUT2D eigenvalue weighted by Crippen LogP contribution is 1.94. The van der Waals surface area contributed by atoms with Crippen LogP contribution in [-0.4, -0.2) is 96.0 Å². The fourth-order valence-electron chi connectivity index (χ4n) is 1.54. The van der Waals surface area contributed by atoms with Crippen molar-refractivity contribution >= 4 is 17.9 Å². The number of nitrogens with zero attached hydrogens (tertiary/aromatic N) is 2. The summed E-state index contributed by atoms with van der Waals surface area (Å²) in [4.78, 5) is 35.2. The minimum Gasteiger partial charge on any atom is -0.480 e. The van der Waals surface area contributed by atoms with E-state index in [1.165, 1.54) is 12.0 Å². The highest BCUT2D eigenvalue weighted by molar-refractivity contribution is 5.72. The van der Waals surface area contributed by atoms with Gasteiger partial charge in [-0.3, -0.25) is 24.2 Å². The van der Waals surface area contributed by atoms with Gasteiger partial charge in [-0.05, 0) is 0 Å². The molecule has 0 radical (unpaired) electrons. The minimum absolute atomic E-state index is 0.0506. The third-order valence-electron chi connectivity index (χ3n) is 2.45. The zero-order valence-electron chi connectivity index (χ0n) is 11.3. The number of aliphatic hydroxyl groups is 1. The summed E-state index contributed by atoms with van der Waals surface area (Å²) in [5.41, 5.74) is 0. The topological polar surface area (TPSA) is 128 Å². The lowest BCUT2D eigenvalue weighted by Crippen LogP contribution is -2.42. The number of hydrogen-bond donors (Lipinski definition) is 3. The summed E-state index contributed by atoms with van der Waals surface area (Å²) >= 11 is 0. The summed E-state index contributed by atoms with van der Waals surface area (Å²) in [5, 5.41) is 26.3. The first-order valence-corrected chi connectivity index (χ1v) is 5.95. The molecule has 0 aliphatic carbocycles. The summed E-state index contributed by atoms with van der Waals surface area (Å²) in [6.45, 7) is -0.427. The Bertz CT molecular complexity index is 319.